The van der Waals surface area contributed by atoms with Gasteiger partial charge in [0, 0.05) is 34.7 Å². The molecule has 2 heterocycles. The molecule has 0 N–H and O–H groups in total. The first kappa shape index (κ1) is 16.9. The molecule has 1 aliphatic carbocycles. The highest BCUT2D eigenvalue weighted by Gasteiger charge is 2.23. The Kier molecular flexibility index (Phi) is 3.72. The maximum absolute atomic E-state index is 11.0. The number of aromatic nitrogens is 1. The topological polar surface area (TPSA) is 69.2 Å². The van der Waals surface area contributed by atoms with Crippen LogP contribution in [0.15, 0.2) is 40.9 Å². The molecule has 0 aliphatic heterocycles. The van der Waals surface area contributed by atoms with Gasteiger partial charge < -0.3 is 4.42 Å². The molecule has 0 radical (unpaired) electrons. The average Bonchev–Trinajstić information content (AvgIpc) is 3.12. The molecule has 2 aromatic heterocycles. The van der Waals surface area contributed by atoms with Crippen molar-refractivity contribution >= 4 is 27.6 Å². The Morgan fingerprint density at radius 1 is 0.964 bits per heavy atom. The minimum atomic E-state index is -0.393. The van der Waals surface area contributed by atoms with Gasteiger partial charge in [0.2, 0.25) is 0 Å². The fraction of sp³-hybridized carbons (Fsp3) is 0.261. The van der Waals surface area contributed by atoms with Gasteiger partial charge in [-0.15, -0.1) is 0 Å². The smallest absolute Gasteiger partial charge is 0.269 e. The van der Waals surface area contributed by atoms with Gasteiger partial charge in [0.25, 0.3) is 5.69 Å². The van der Waals surface area contributed by atoms with Gasteiger partial charge in [-0.25, -0.2) is 0 Å². The standard InChI is InChI=1S/C23H20N2O3/c1-13-17-5-3-4-6-18(17)14(2)22-20(13)19-11-12-24-21(23(19)28-22)15-7-9-16(10-8-15)25(26)27/h7-12H,3-6H2,1-2H3. The van der Waals surface area contributed by atoms with E-state index in [4.69, 9.17) is 4.42 Å². The highest BCUT2D eigenvalue weighted by Crippen LogP contribution is 2.42. The van der Waals surface area contributed by atoms with Gasteiger partial charge in [-0.1, -0.05) is 0 Å². The molecule has 2 aromatic carbocycles. The van der Waals surface area contributed by atoms with Crippen LogP contribution in [-0.2, 0) is 12.8 Å². The number of furan rings is 1. The second-order valence-electron chi connectivity index (χ2n) is 7.56. The molecule has 140 valence electrons. The molecule has 1 aliphatic rings. The Hall–Kier alpha value is -3.21. The number of rotatable bonds is 2. The Labute approximate surface area is 162 Å². The molecule has 0 saturated carbocycles. The predicted molar refractivity (Wildman–Crippen MR) is 110 cm³/mol. The zero-order valence-corrected chi connectivity index (χ0v) is 15.9. The van der Waals surface area contributed by atoms with E-state index in [2.05, 4.69) is 18.8 Å². The lowest BCUT2D eigenvalue weighted by Crippen LogP contribution is -2.07. The number of benzene rings is 2. The first-order valence-electron chi connectivity index (χ1n) is 9.63. The van der Waals surface area contributed by atoms with Gasteiger partial charge in [-0.3, -0.25) is 15.1 Å². The van der Waals surface area contributed by atoms with Crippen molar-refractivity contribution in [3.05, 3.63) is 68.9 Å². The van der Waals surface area contributed by atoms with Crippen LogP contribution in [0.4, 0.5) is 5.69 Å². The molecule has 0 spiro atoms. The van der Waals surface area contributed by atoms with Crippen LogP contribution in [0.25, 0.3) is 33.2 Å². The van der Waals surface area contributed by atoms with Gasteiger partial charge in [0.1, 0.15) is 11.3 Å². The quantitative estimate of drug-likeness (QED) is 0.317. The molecule has 5 heteroatoms. The second-order valence-corrected chi connectivity index (χ2v) is 7.56. The van der Waals surface area contributed by atoms with Crippen LogP contribution in [-0.4, -0.2) is 9.91 Å². The number of nitrogens with zero attached hydrogens (tertiary/aromatic N) is 2. The lowest BCUT2D eigenvalue weighted by molar-refractivity contribution is -0.384. The molecule has 5 nitrogen and oxygen atoms in total. The van der Waals surface area contributed by atoms with E-state index in [1.807, 2.05) is 6.07 Å². The maximum atomic E-state index is 11.0. The normalized spacial score (nSPS) is 13.8. The largest absolute Gasteiger partial charge is 0.453 e. The van der Waals surface area contributed by atoms with Crippen molar-refractivity contribution in [3.63, 3.8) is 0 Å². The predicted octanol–water partition coefficient (Wildman–Crippen LogP) is 6.05. The third-order valence-corrected chi connectivity index (χ3v) is 6.05. The molecule has 0 saturated heterocycles. The molecular weight excluding hydrogens is 352 g/mol. The number of nitro groups is 1. The van der Waals surface area contributed by atoms with Crippen LogP contribution in [0.1, 0.15) is 35.1 Å². The van der Waals surface area contributed by atoms with E-state index in [1.54, 1.807) is 18.3 Å². The minimum Gasteiger partial charge on any atom is -0.453 e. The Morgan fingerprint density at radius 3 is 2.32 bits per heavy atom. The van der Waals surface area contributed by atoms with Crippen LogP contribution >= 0.6 is 0 Å². The number of non-ortho nitro benzene ring substituents is 1. The monoisotopic (exact) mass is 372 g/mol. The van der Waals surface area contributed by atoms with Crippen LogP contribution in [0, 0.1) is 24.0 Å². The summed E-state index contributed by atoms with van der Waals surface area (Å²) in [5.74, 6) is 0. The van der Waals surface area contributed by atoms with Gasteiger partial charge in [-0.05, 0) is 80.0 Å². The van der Waals surface area contributed by atoms with Crippen molar-refractivity contribution < 1.29 is 9.34 Å². The van der Waals surface area contributed by atoms with Crippen LogP contribution in [0.3, 0.4) is 0 Å². The van der Waals surface area contributed by atoms with Gasteiger partial charge >= 0.3 is 0 Å². The number of aryl methyl sites for hydroxylation is 2. The van der Waals surface area contributed by atoms with Crippen molar-refractivity contribution in [1.82, 2.24) is 4.98 Å². The fourth-order valence-corrected chi connectivity index (χ4v) is 4.63. The van der Waals surface area contributed by atoms with Gasteiger partial charge in [-0.2, -0.15) is 0 Å². The van der Waals surface area contributed by atoms with Crippen LogP contribution in [0.5, 0.6) is 0 Å². The first-order chi connectivity index (χ1) is 13.6. The molecule has 0 atom stereocenters. The molecule has 0 unspecified atom stereocenters. The van der Waals surface area contributed by atoms with Crippen LogP contribution in [0.2, 0.25) is 0 Å². The third-order valence-electron chi connectivity index (χ3n) is 6.05. The Morgan fingerprint density at radius 2 is 1.64 bits per heavy atom. The van der Waals surface area contributed by atoms with Crippen molar-refractivity contribution in [2.75, 3.05) is 0 Å². The summed E-state index contributed by atoms with van der Waals surface area (Å²) in [7, 11) is 0. The van der Waals surface area contributed by atoms with Crippen molar-refractivity contribution in [3.8, 4) is 11.3 Å². The molecule has 5 rings (SSSR count). The second kappa shape index (κ2) is 6.16. The number of hydrogen-bond acceptors (Lipinski definition) is 4. The number of hydrogen-bond donors (Lipinski definition) is 0. The summed E-state index contributed by atoms with van der Waals surface area (Å²) in [6.45, 7) is 4.36. The SMILES string of the molecule is Cc1c2c(c(C)c3c1oc1c(-c4ccc([N+](=O)[O-])cc4)nccc13)CCCC2. The first-order valence-corrected chi connectivity index (χ1v) is 9.63. The van der Waals surface area contributed by atoms with E-state index < -0.39 is 4.92 Å². The fourth-order valence-electron chi connectivity index (χ4n) is 4.63. The van der Waals surface area contributed by atoms with Gasteiger partial charge in [0.15, 0.2) is 5.58 Å². The highest BCUT2D eigenvalue weighted by molar-refractivity contribution is 6.11. The summed E-state index contributed by atoms with van der Waals surface area (Å²) in [4.78, 5) is 15.1. The summed E-state index contributed by atoms with van der Waals surface area (Å²) < 4.78 is 6.40. The number of pyridine rings is 1. The average molecular weight is 372 g/mol. The maximum Gasteiger partial charge on any atom is 0.269 e. The van der Waals surface area contributed by atoms with E-state index in [-0.39, 0.29) is 5.69 Å². The Balaban J connectivity index is 1.80. The van der Waals surface area contributed by atoms with E-state index >= 15 is 0 Å². The zero-order chi connectivity index (χ0) is 19.4. The summed E-state index contributed by atoms with van der Waals surface area (Å²) >= 11 is 0. The minimum absolute atomic E-state index is 0.0693. The summed E-state index contributed by atoms with van der Waals surface area (Å²) in [6.07, 6.45) is 6.51. The zero-order valence-electron chi connectivity index (χ0n) is 15.9. The number of nitro benzene ring substituents is 1. The third kappa shape index (κ3) is 2.35. The highest BCUT2D eigenvalue weighted by atomic mass is 16.6. The molecule has 0 fully saturated rings. The Bertz CT molecular complexity index is 1250. The van der Waals surface area contributed by atoms with E-state index in [0.717, 1.165) is 40.7 Å². The van der Waals surface area contributed by atoms with Crippen molar-refractivity contribution in [2.24, 2.45) is 0 Å². The van der Waals surface area contributed by atoms with E-state index in [0.29, 0.717) is 0 Å². The summed E-state index contributed by atoms with van der Waals surface area (Å²) in [5, 5.41) is 13.2. The molecule has 0 bridgehead atoms. The lowest BCUT2D eigenvalue weighted by atomic mass is 9.84. The van der Waals surface area contributed by atoms with E-state index in [1.165, 1.54) is 52.6 Å². The summed E-state index contributed by atoms with van der Waals surface area (Å²) in [5.41, 5.74) is 8.78. The van der Waals surface area contributed by atoms with Crippen LogP contribution < -0.4 is 0 Å². The molecular formula is C23H20N2O3. The van der Waals surface area contributed by atoms with E-state index in [9.17, 15) is 10.1 Å². The lowest BCUT2D eigenvalue weighted by Gasteiger charge is -2.21. The molecule has 0 amide bonds. The number of fused-ring (bicyclic) bond motifs is 4. The van der Waals surface area contributed by atoms with Crippen molar-refractivity contribution in [1.29, 1.82) is 0 Å². The van der Waals surface area contributed by atoms with Gasteiger partial charge in [0.05, 0.1) is 4.92 Å². The van der Waals surface area contributed by atoms with Crippen molar-refractivity contribution in [2.45, 2.75) is 39.5 Å². The molecule has 4 aromatic rings. The molecule has 28 heavy (non-hydrogen) atoms. The summed E-state index contributed by atoms with van der Waals surface area (Å²) in [6, 6.07) is 8.49.